The van der Waals surface area contributed by atoms with Crippen LogP contribution in [0.3, 0.4) is 0 Å². The van der Waals surface area contributed by atoms with Crippen LogP contribution < -0.4 is 14.0 Å². The molecule has 1 aromatic heterocycles. The summed E-state index contributed by atoms with van der Waals surface area (Å²) in [5.74, 6) is 0.490. The molecule has 0 radical (unpaired) electrons. The third-order valence-electron chi connectivity index (χ3n) is 5.10. The van der Waals surface area contributed by atoms with Gasteiger partial charge in [0.2, 0.25) is 17.1 Å². The molecule has 0 unspecified atom stereocenters. The summed E-state index contributed by atoms with van der Waals surface area (Å²) < 4.78 is 51.6. The Morgan fingerprint density at radius 2 is 1.11 bits per heavy atom. The first kappa shape index (κ1) is 26.3. The second-order valence-electron chi connectivity index (χ2n) is 7.44. The zero-order valence-corrected chi connectivity index (χ0v) is 19.4. The van der Waals surface area contributed by atoms with E-state index in [1.807, 2.05) is 78.9 Å². The highest BCUT2D eigenvalue weighted by Gasteiger charge is 2.26. The van der Waals surface area contributed by atoms with Crippen LogP contribution in [-0.4, -0.2) is 32.5 Å². The van der Waals surface area contributed by atoms with Gasteiger partial charge in [0.05, 0.1) is 19.8 Å². The van der Waals surface area contributed by atoms with E-state index in [1.54, 1.807) is 26.4 Å². The summed E-state index contributed by atoms with van der Waals surface area (Å²) in [5, 5.41) is 9.80. The monoisotopic (exact) mass is 499 g/mol. The Morgan fingerprint density at radius 3 is 1.44 bits per heavy atom. The number of benzene rings is 3. The number of pyridine rings is 1. The van der Waals surface area contributed by atoms with Gasteiger partial charge in [-0.2, -0.15) is 4.57 Å². The molecule has 5 nitrogen and oxygen atoms in total. The molecule has 0 amide bonds. The van der Waals surface area contributed by atoms with E-state index in [4.69, 9.17) is 9.47 Å². The van der Waals surface area contributed by atoms with Gasteiger partial charge < -0.3 is 31.8 Å². The molecule has 36 heavy (non-hydrogen) atoms. The van der Waals surface area contributed by atoms with Crippen LogP contribution in [0.4, 0.5) is 17.3 Å². The molecule has 0 aliphatic carbocycles. The molecule has 0 saturated carbocycles. The zero-order chi connectivity index (χ0) is 26.3. The standard InChI is InChI=1S/C26H21NO4.BF4/c1-30-22-12-8-18(9-13-22)24-16-20(26(28)29)17-25(19-10-14-23(31-2)15-11-19)27(24)21-6-4-3-5-7-21;2-1(3,4)5/h3-17H,1-2H3;/q;-1/p+1. The second kappa shape index (κ2) is 11.4. The van der Waals surface area contributed by atoms with Gasteiger partial charge in [0.1, 0.15) is 11.5 Å². The third-order valence-corrected chi connectivity index (χ3v) is 5.10. The number of hydrogen-bond donors (Lipinski definition) is 1. The summed E-state index contributed by atoms with van der Waals surface area (Å²) in [6, 6.07) is 28.5. The molecule has 0 bridgehead atoms. The van der Waals surface area contributed by atoms with Gasteiger partial charge in [-0.25, -0.2) is 4.79 Å². The summed E-state index contributed by atoms with van der Waals surface area (Å²) in [6.07, 6.45) is 0. The van der Waals surface area contributed by atoms with E-state index in [2.05, 4.69) is 4.57 Å². The smallest absolute Gasteiger partial charge is 0.497 e. The van der Waals surface area contributed by atoms with E-state index in [-0.39, 0.29) is 5.56 Å². The first-order valence-corrected chi connectivity index (χ1v) is 10.7. The lowest BCUT2D eigenvalue weighted by Crippen LogP contribution is -2.36. The van der Waals surface area contributed by atoms with Gasteiger partial charge in [-0.3, -0.25) is 0 Å². The Hall–Kier alpha value is -4.34. The van der Waals surface area contributed by atoms with Crippen molar-refractivity contribution in [3.05, 3.63) is 96.6 Å². The summed E-state index contributed by atoms with van der Waals surface area (Å²) in [4.78, 5) is 12.0. The number of carboxylic acid groups (broad SMARTS) is 1. The minimum absolute atomic E-state index is 0.212. The quantitative estimate of drug-likeness (QED) is 0.192. The minimum Gasteiger partial charge on any atom is -0.497 e. The molecule has 3 aromatic carbocycles. The molecule has 0 aliphatic heterocycles. The van der Waals surface area contributed by atoms with Gasteiger partial charge in [0, 0.05) is 35.4 Å². The van der Waals surface area contributed by atoms with Crippen molar-refractivity contribution in [2.24, 2.45) is 0 Å². The highest BCUT2D eigenvalue weighted by molar-refractivity contribution is 6.50. The van der Waals surface area contributed by atoms with Crippen LogP contribution >= 0.6 is 0 Å². The fourth-order valence-corrected chi connectivity index (χ4v) is 3.52. The van der Waals surface area contributed by atoms with Crippen LogP contribution in [0.1, 0.15) is 10.4 Å². The molecule has 0 saturated heterocycles. The average molecular weight is 499 g/mol. The number of carbonyl (C=O) groups is 1. The fraction of sp³-hybridized carbons (Fsp3) is 0.0769. The maximum atomic E-state index is 12.0. The maximum absolute atomic E-state index is 12.0. The van der Waals surface area contributed by atoms with Gasteiger partial charge in [-0.15, -0.1) is 0 Å². The molecule has 1 heterocycles. The molecule has 186 valence electrons. The highest BCUT2D eigenvalue weighted by atomic mass is 19.5. The maximum Gasteiger partial charge on any atom is 0.673 e. The summed E-state index contributed by atoms with van der Waals surface area (Å²) in [7, 11) is -2.77. The largest absolute Gasteiger partial charge is 0.673 e. The molecule has 4 rings (SSSR count). The van der Waals surface area contributed by atoms with E-state index >= 15 is 0 Å². The topological polar surface area (TPSA) is 59.6 Å². The van der Waals surface area contributed by atoms with Crippen molar-refractivity contribution in [3.8, 4) is 39.7 Å². The number of aromatic nitrogens is 1. The van der Waals surface area contributed by atoms with Crippen molar-refractivity contribution >= 4 is 13.2 Å². The predicted molar refractivity (Wildman–Crippen MR) is 129 cm³/mol. The Bertz CT molecular complexity index is 1240. The molecule has 0 aliphatic rings. The van der Waals surface area contributed by atoms with E-state index in [1.165, 1.54) is 0 Å². The number of nitrogens with zero attached hydrogens (tertiary/aromatic N) is 1. The number of rotatable bonds is 6. The Labute approximate surface area is 205 Å². The molecular formula is C26H22BF4NO4. The van der Waals surface area contributed by atoms with E-state index in [0.29, 0.717) is 0 Å². The van der Waals surface area contributed by atoms with Crippen molar-refractivity contribution in [1.82, 2.24) is 0 Å². The van der Waals surface area contributed by atoms with Crippen molar-refractivity contribution in [2.45, 2.75) is 0 Å². The highest BCUT2D eigenvalue weighted by Crippen LogP contribution is 2.28. The van der Waals surface area contributed by atoms with Gasteiger partial charge >= 0.3 is 13.2 Å². The summed E-state index contributed by atoms with van der Waals surface area (Å²) in [5.41, 5.74) is 4.42. The first-order valence-electron chi connectivity index (χ1n) is 10.7. The molecular weight excluding hydrogens is 477 g/mol. The van der Waals surface area contributed by atoms with E-state index in [0.717, 1.165) is 39.7 Å². The molecule has 0 fully saturated rings. The number of methoxy groups -OCH3 is 2. The Morgan fingerprint density at radius 1 is 0.722 bits per heavy atom. The van der Waals surface area contributed by atoms with Crippen LogP contribution in [-0.2, 0) is 0 Å². The summed E-state index contributed by atoms with van der Waals surface area (Å²) >= 11 is 0. The Kier molecular flexibility index (Phi) is 8.32. The lowest BCUT2D eigenvalue weighted by Gasteiger charge is -2.11. The van der Waals surface area contributed by atoms with Crippen LogP contribution in [0, 0.1) is 0 Å². The third kappa shape index (κ3) is 6.85. The van der Waals surface area contributed by atoms with Crippen LogP contribution in [0.5, 0.6) is 11.5 Å². The molecule has 10 heteroatoms. The SMILES string of the molecule is COc1ccc(-c2cc(C(=O)O)cc(-c3ccc(OC)cc3)[n+]2-c2ccccc2)cc1.F[B-](F)(F)F. The molecule has 1 N–H and O–H groups in total. The van der Waals surface area contributed by atoms with Crippen LogP contribution in [0.25, 0.3) is 28.2 Å². The molecule has 0 spiro atoms. The second-order valence-corrected chi connectivity index (χ2v) is 7.44. The van der Waals surface area contributed by atoms with Gasteiger partial charge in [-0.05, 0) is 48.5 Å². The van der Waals surface area contributed by atoms with Crippen molar-refractivity contribution < 1.29 is 41.2 Å². The van der Waals surface area contributed by atoms with Crippen LogP contribution in [0.15, 0.2) is 91.0 Å². The number of ether oxygens (including phenoxy) is 2. The van der Waals surface area contributed by atoms with Crippen molar-refractivity contribution in [1.29, 1.82) is 0 Å². The number of aromatic carboxylic acids is 1. The predicted octanol–water partition coefficient (Wildman–Crippen LogP) is 6.31. The van der Waals surface area contributed by atoms with Crippen LogP contribution in [0.2, 0.25) is 0 Å². The average Bonchev–Trinajstić information content (AvgIpc) is 2.87. The lowest BCUT2D eigenvalue weighted by atomic mass is 10.0. The first-order chi connectivity index (χ1) is 17.1. The normalized spacial score (nSPS) is 10.7. The molecule has 0 atom stereocenters. The summed E-state index contributed by atoms with van der Waals surface area (Å²) in [6.45, 7) is 0. The van der Waals surface area contributed by atoms with Gasteiger partial charge in [0.25, 0.3) is 0 Å². The Balaban J connectivity index is 0.000000658. The zero-order valence-electron chi connectivity index (χ0n) is 19.4. The van der Waals surface area contributed by atoms with Gasteiger partial charge in [0.15, 0.2) is 0 Å². The number of carboxylic acids is 1. The van der Waals surface area contributed by atoms with Crippen molar-refractivity contribution in [3.63, 3.8) is 0 Å². The molecule has 4 aromatic rings. The fourth-order valence-electron chi connectivity index (χ4n) is 3.52. The number of halogens is 4. The number of para-hydroxylation sites is 1. The van der Waals surface area contributed by atoms with E-state index in [9.17, 15) is 27.2 Å². The minimum atomic E-state index is -6.00. The van der Waals surface area contributed by atoms with Gasteiger partial charge in [-0.1, -0.05) is 18.2 Å². The number of hydrogen-bond acceptors (Lipinski definition) is 3. The lowest BCUT2D eigenvalue weighted by molar-refractivity contribution is -0.572. The van der Waals surface area contributed by atoms with Crippen molar-refractivity contribution in [2.75, 3.05) is 14.2 Å². The van der Waals surface area contributed by atoms with E-state index < -0.39 is 13.2 Å².